The quantitative estimate of drug-likeness (QED) is 0.663. The van der Waals surface area contributed by atoms with Gasteiger partial charge >= 0.3 is 0 Å². The summed E-state index contributed by atoms with van der Waals surface area (Å²) in [5, 5.41) is 2.57. The maximum Gasteiger partial charge on any atom is 0.240 e. The lowest BCUT2D eigenvalue weighted by atomic mass is 10.2. The highest BCUT2D eigenvalue weighted by molar-refractivity contribution is 7.92. The summed E-state index contributed by atoms with van der Waals surface area (Å²) in [6.45, 7) is 1.98. The van der Waals surface area contributed by atoms with Crippen LogP contribution in [0, 0.1) is 5.82 Å². The number of nitrogens with one attached hydrogen (secondary N) is 1. The Morgan fingerprint density at radius 2 is 1.81 bits per heavy atom. The molecule has 0 heterocycles. The molecule has 6 nitrogen and oxygen atoms in total. The van der Waals surface area contributed by atoms with Crippen LogP contribution in [0.5, 0.6) is 5.75 Å². The van der Waals surface area contributed by atoms with Crippen molar-refractivity contribution in [2.24, 2.45) is 0 Å². The van der Waals surface area contributed by atoms with Crippen molar-refractivity contribution in [1.29, 1.82) is 0 Å². The van der Waals surface area contributed by atoms with E-state index in [1.165, 1.54) is 23.8 Å². The van der Waals surface area contributed by atoms with E-state index < -0.39 is 28.3 Å². The molecule has 27 heavy (non-hydrogen) atoms. The number of ether oxygens (including phenoxy) is 1. The normalized spacial score (nSPS) is 11.1. The first-order valence-corrected chi connectivity index (χ1v) is 10.4. The molecule has 0 aliphatic carbocycles. The first-order valence-electron chi connectivity index (χ1n) is 8.52. The number of carbonyl (C=O) groups is 1. The van der Waals surface area contributed by atoms with Crippen LogP contribution in [-0.4, -0.2) is 40.3 Å². The van der Waals surface area contributed by atoms with Gasteiger partial charge in [0.1, 0.15) is 24.7 Å². The summed E-state index contributed by atoms with van der Waals surface area (Å²) in [5.41, 5.74) is 1.03. The number of anilines is 1. The molecule has 2 aromatic carbocycles. The van der Waals surface area contributed by atoms with Crippen molar-refractivity contribution in [3.8, 4) is 5.75 Å². The van der Waals surface area contributed by atoms with Crippen molar-refractivity contribution >= 4 is 21.6 Å². The summed E-state index contributed by atoms with van der Waals surface area (Å²) in [4.78, 5) is 12.1. The van der Waals surface area contributed by atoms with Gasteiger partial charge in [-0.1, -0.05) is 31.2 Å². The second-order valence-electron chi connectivity index (χ2n) is 5.92. The van der Waals surface area contributed by atoms with Gasteiger partial charge in [-0.3, -0.25) is 9.10 Å². The largest absolute Gasteiger partial charge is 0.492 e. The third-order valence-corrected chi connectivity index (χ3v) is 4.96. The summed E-state index contributed by atoms with van der Waals surface area (Å²) in [5.74, 6) is -0.575. The lowest BCUT2D eigenvalue weighted by Gasteiger charge is -2.22. The van der Waals surface area contributed by atoms with Crippen molar-refractivity contribution in [3.05, 3.63) is 59.9 Å². The number of benzene rings is 2. The Morgan fingerprint density at radius 3 is 2.41 bits per heavy atom. The number of rotatable bonds is 9. The molecule has 8 heteroatoms. The van der Waals surface area contributed by atoms with E-state index in [4.69, 9.17) is 4.74 Å². The summed E-state index contributed by atoms with van der Waals surface area (Å²) < 4.78 is 44.1. The molecule has 0 spiro atoms. The van der Waals surface area contributed by atoms with Gasteiger partial charge in [0, 0.05) is 0 Å². The van der Waals surface area contributed by atoms with Crippen LogP contribution in [0.4, 0.5) is 10.1 Å². The zero-order valence-corrected chi connectivity index (χ0v) is 16.1. The first kappa shape index (κ1) is 20.7. The molecule has 2 aromatic rings. The smallest absolute Gasteiger partial charge is 0.240 e. The van der Waals surface area contributed by atoms with Crippen LogP contribution in [0.3, 0.4) is 0 Å². The van der Waals surface area contributed by atoms with Gasteiger partial charge in [-0.25, -0.2) is 12.8 Å². The summed E-state index contributed by atoms with van der Waals surface area (Å²) >= 11 is 0. The molecule has 146 valence electrons. The number of nitrogens with zero attached hydrogens (tertiary/aromatic N) is 1. The van der Waals surface area contributed by atoms with Crippen molar-refractivity contribution in [1.82, 2.24) is 5.32 Å². The number of sulfonamides is 1. The van der Waals surface area contributed by atoms with Gasteiger partial charge in [0.05, 0.1) is 18.5 Å². The minimum atomic E-state index is -3.81. The van der Waals surface area contributed by atoms with Gasteiger partial charge in [0.25, 0.3) is 0 Å². The number of amides is 1. The summed E-state index contributed by atoms with van der Waals surface area (Å²) in [7, 11) is -3.81. The van der Waals surface area contributed by atoms with E-state index in [9.17, 15) is 17.6 Å². The SMILES string of the molecule is CCc1ccc(OCCNC(=O)CN(c2ccccc2F)S(C)(=O)=O)cc1. The summed E-state index contributed by atoms with van der Waals surface area (Å²) in [6, 6.07) is 13.0. The van der Waals surface area contributed by atoms with Crippen LogP contribution in [0.15, 0.2) is 48.5 Å². The Morgan fingerprint density at radius 1 is 1.15 bits per heavy atom. The Kier molecular flexibility index (Phi) is 7.18. The molecule has 0 fully saturated rings. The van der Waals surface area contributed by atoms with Crippen molar-refractivity contribution < 1.29 is 22.3 Å². The minimum absolute atomic E-state index is 0.164. The molecule has 1 amide bonds. The van der Waals surface area contributed by atoms with Gasteiger partial charge in [-0.2, -0.15) is 0 Å². The van der Waals surface area contributed by atoms with E-state index in [0.717, 1.165) is 23.0 Å². The predicted molar refractivity (Wildman–Crippen MR) is 103 cm³/mol. The monoisotopic (exact) mass is 394 g/mol. The van der Waals surface area contributed by atoms with E-state index in [2.05, 4.69) is 12.2 Å². The molecule has 0 aliphatic heterocycles. The molecular formula is C19H23FN2O4S. The van der Waals surface area contributed by atoms with Gasteiger partial charge in [-0.05, 0) is 36.2 Å². The van der Waals surface area contributed by atoms with Crippen molar-refractivity contribution in [2.45, 2.75) is 13.3 Å². The average Bonchev–Trinajstić information content (AvgIpc) is 2.63. The third kappa shape index (κ3) is 6.25. The average molecular weight is 394 g/mol. The Hall–Kier alpha value is -2.61. The third-order valence-electron chi connectivity index (χ3n) is 3.83. The van der Waals surface area contributed by atoms with Crippen LogP contribution in [-0.2, 0) is 21.2 Å². The standard InChI is InChI=1S/C19H23FN2O4S/c1-3-15-8-10-16(11-9-15)26-13-12-21-19(23)14-22(27(2,24)25)18-7-5-4-6-17(18)20/h4-11H,3,12-14H2,1-2H3,(H,21,23). The van der Waals surface area contributed by atoms with Crippen molar-refractivity contribution in [2.75, 3.05) is 30.3 Å². The fourth-order valence-electron chi connectivity index (χ4n) is 2.40. The molecule has 1 N–H and O–H groups in total. The number of hydrogen-bond acceptors (Lipinski definition) is 4. The summed E-state index contributed by atoms with van der Waals surface area (Å²) in [6.07, 6.45) is 1.87. The van der Waals surface area contributed by atoms with E-state index in [1.54, 1.807) is 0 Å². The van der Waals surface area contributed by atoms with Gasteiger partial charge in [0.2, 0.25) is 15.9 Å². The fourth-order valence-corrected chi connectivity index (χ4v) is 3.26. The Labute approximate surface area is 159 Å². The lowest BCUT2D eigenvalue weighted by molar-refractivity contribution is -0.119. The number of halogens is 1. The fraction of sp³-hybridized carbons (Fsp3) is 0.316. The minimum Gasteiger partial charge on any atom is -0.492 e. The second-order valence-corrected chi connectivity index (χ2v) is 7.82. The molecule has 0 aliphatic rings. The molecule has 0 saturated carbocycles. The van der Waals surface area contributed by atoms with Gasteiger partial charge < -0.3 is 10.1 Å². The number of aryl methyl sites for hydroxylation is 1. The van der Waals surface area contributed by atoms with Gasteiger partial charge in [0.15, 0.2) is 0 Å². The maximum atomic E-state index is 13.9. The molecular weight excluding hydrogens is 371 g/mol. The highest BCUT2D eigenvalue weighted by Crippen LogP contribution is 2.20. The second kappa shape index (κ2) is 9.36. The van der Waals surface area contributed by atoms with Crippen LogP contribution >= 0.6 is 0 Å². The van der Waals surface area contributed by atoms with Crippen molar-refractivity contribution in [3.63, 3.8) is 0 Å². The van der Waals surface area contributed by atoms with Crippen LogP contribution in [0.25, 0.3) is 0 Å². The molecule has 0 bridgehead atoms. The Balaban J connectivity index is 1.88. The number of carbonyl (C=O) groups excluding carboxylic acids is 1. The zero-order valence-electron chi connectivity index (χ0n) is 15.3. The number of para-hydroxylation sites is 1. The molecule has 0 saturated heterocycles. The zero-order chi connectivity index (χ0) is 19.9. The lowest BCUT2D eigenvalue weighted by Crippen LogP contribution is -2.41. The van der Waals surface area contributed by atoms with Crippen LogP contribution in [0.2, 0.25) is 0 Å². The first-order chi connectivity index (χ1) is 12.8. The molecule has 0 radical (unpaired) electrons. The molecule has 0 unspecified atom stereocenters. The Bertz CT molecular complexity index is 870. The molecule has 2 rings (SSSR count). The van der Waals surface area contributed by atoms with Gasteiger partial charge in [-0.15, -0.1) is 0 Å². The van der Waals surface area contributed by atoms with E-state index >= 15 is 0 Å². The molecule has 0 aromatic heterocycles. The molecule has 0 atom stereocenters. The van der Waals surface area contributed by atoms with E-state index in [0.29, 0.717) is 5.75 Å². The highest BCUT2D eigenvalue weighted by atomic mass is 32.2. The van der Waals surface area contributed by atoms with Crippen LogP contribution < -0.4 is 14.4 Å². The van der Waals surface area contributed by atoms with E-state index in [-0.39, 0.29) is 18.8 Å². The predicted octanol–water partition coefficient (Wildman–Crippen LogP) is 2.35. The highest BCUT2D eigenvalue weighted by Gasteiger charge is 2.23. The number of hydrogen-bond donors (Lipinski definition) is 1. The van der Waals surface area contributed by atoms with Crippen LogP contribution in [0.1, 0.15) is 12.5 Å². The van der Waals surface area contributed by atoms with E-state index in [1.807, 2.05) is 24.3 Å². The topological polar surface area (TPSA) is 75.7 Å². The maximum absolute atomic E-state index is 13.9.